The van der Waals surface area contributed by atoms with E-state index in [9.17, 15) is 15.0 Å². The zero-order valence-electron chi connectivity index (χ0n) is 25.4. The Balaban J connectivity index is 1.25. The molecule has 3 N–H and O–H groups in total. The second kappa shape index (κ2) is 9.34. The van der Waals surface area contributed by atoms with Crippen molar-refractivity contribution in [2.75, 3.05) is 13.1 Å². The Morgan fingerprint density at radius 1 is 1.03 bits per heavy atom. The Morgan fingerprint density at radius 2 is 1.77 bits per heavy atom. The van der Waals surface area contributed by atoms with Gasteiger partial charge in [0.25, 0.3) is 0 Å². The van der Waals surface area contributed by atoms with E-state index in [2.05, 4.69) is 45.2 Å². The van der Waals surface area contributed by atoms with Gasteiger partial charge in [-0.05, 0) is 118 Å². The molecular formula is C34H54N2O3. The molecule has 5 heteroatoms. The van der Waals surface area contributed by atoms with Crippen molar-refractivity contribution in [2.45, 2.75) is 123 Å². The molecule has 7 aliphatic carbocycles. The maximum Gasteiger partial charge on any atom is 0.317 e. The van der Waals surface area contributed by atoms with E-state index in [-0.39, 0.29) is 29.0 Å². The van der Waals surface area contributed by atoms with E-state index < -0.39 is 5.60 Å². The molecule has 6 fully saturated rings. The van der Waals surface area contributed by atoms with Crippen molar-refractivity contribution in [3.05, 3.63) is 23.3 Å². The van der Waals surface area contributed by atoms with Crippen molar-refractivity contribution < 1.29 is 15.0 Å². The van der Waals surface area contributed by atoms with E-state index >= 15 is 0 Å². The normalized spacial score (nSPS) is 45.8. The minimum Gasteiger partial charge on any atom is -0.393 e. The lowest BCUT2D eigenvalue weighted by Crippen LogP contribution is -2.60. The second-order valence-corrected chi connectivity index (χ2v) is 16.0. The van der Waals surface area contributed by atoms with Gasteiger partial charge in [-0.1, -0.05) is 51.0 Å². The summed E-state index contributed by atoms with van der Waals surface area (Å²) >= 11 is 0. The molecule has 218 valence electrons. The molecule has 0 aromatic rings. The fraction of sp³-hybridized carbons (Fsp3) is 0.853. The van der Waals surface area contributed by atoms with E-state index in [0.717, 1.165) is 57.4 Å². The Hall–Kier alpha value is -1.33. The van der Waals surface area contributed by atoms with Crippen LogP contribution in [0.2, 0.25) is 0 Å². The molecular weight excluding hydrogens is 484 g/mol. The topological polar surface area (TPSA) is 72.8 Å². The van der Waals surface area contributed by atoms with Crippen molar-refractivity contribution in [3.8, 4) is 0 Å². The predicted molar refractivity (Wildman–Crippen MR) is 156 cm³/mol. The first-order valence-corrected chi connectivity index (χ1v) is 16.2. The molecule has 2 amide bonds. The number of nitrogens with one attached hydrogen (secondary N) is 1. The van der Waals surface area contributed by atoms with Crippen molar-refractivity contribution in [1.82, 2.24) is 10.2 Å². The van der Waals surface area contributed by atoms with Gasteiger partial charge in [0, 0.05) is 18.0 Å². The number of hydrogen-bond donors (Lipinski definition) is 3. The van der Waals surface area contributed by atoms with Crippen LogP contribution in [0.1, 0.15) is 106 Å². The number of hydrogen-bond acceptors (Lipinski definition) is 3. The van der Waals surface area contributed by atoms with E-state index in [1.807, 2.05) is 18.7 Å². The molecule has 0 saturated heterocycles. The number of carbonyl (C=O) groups excluding carboxylic acids is 1. The van der Waals surface area contributed by atoms with Crippen LogP contribution >= 0.6 is 0 Å². The standard InChI is InChI=1S/C34H54N2O3/c1-21(2)35-30(38)36(19-22-7-8-23-18-29(22)31(23,3)4)20-34(39)16-13-28-26-10-9-24-17-25(37)11-14-32(24,5)27(26)12-15-33(28,34)6/h9-10,21-23,25,27-29,37,39H,7-8,11-20H2,1-6H3,(H,35,38). The number of aliphatic hydroxyl groups excluding tert-OH is 1. The highest BCUT2D eigenvalue weighted by Crippen LogP contribution is 2.66. The van der Waals surface area contributed by atoms with Gasteiger partial charge in [-0.15, -0.1) is 0 Å². The molecule has 9 atom stereocenters. The molecule has 5 nitrogen and oxygen atoms in total. The predicted octanol–water partition coefficient (Wildman–Crippen LogP) is 6.45. The maximum atomic E-state index is 13.6. The third-order valence-corrected chi connectivity index (χ3v) is 13.5. The third kappa shape index (κ3) is 4.18. The fourth-order valence-corrected chi connectivity index (χ4v) is 10.7. The van der Waals surface area contributed by atoms with Crippen LogP contribution in [0.3, 0.4) is 0 Å². The Kier molecular flexibility index (Phi) is 6.66. The Bertz CT molecular complexity index is 1060. The summed E-state index contributed by atoms with van der Waals surface area (Å²) in [5, 5.41) is 26.0. The molecule has 2 bridgehead atoms. The quantitative estimate of drug-likeness (QED) is 0.376. The molecule has 0 heterocycles. The van der Waals surface area contributed by atoms with Crippen LogP contribution in [0.5, 0.6) is 0 Å². The van der Waals surface area contributed by atoms with Crippen LogP contribution in [0.15, 0.2) is 23.3 Å². The average Bonchev–Trinajstić information content (AvgIpc) is 3.14. The number of nitrogens with zero attached hydrogens (tertiary/aromatic N) is 1. The van der Waals surface area contributed by atoms with Crippen LogP contribution in [-0.4, -0.2) is 52.0 Å². The summed E-state index contributed by atoms with van der Waals surface area (Å²) < 4.78 is 0. The van der Waals surface area contributed by atoms with Crippen molar-refractivity contribution in [2.24, 2.45) is 45.8 Å². The number of fused-ring (bicyclic) bond motifs is 7. The third-order valence-electron chi connectivity index (χ3n) is 13.5. The van der Waals surface area contributed by atoms with Crippen LogP contribution in [-0.2, 0) is 0 Å². The Labute approximate surface area is 236 Å². The SMILES string of the molecule is CC(C)NC(=O)N(CC1CCC2CC1C2(C)C)CC1(O)CCC2C3=CC=C4CC(O)CCC4(C)C3CCC21C. The zero-order valence-corrected chi connectivity index (χ0v) is 25.4. The van der Waals surface area contributed by atoms with Crippen LogP contribution in [0.25, 0.3) is 0 Å². The highest BCUT2D eigenvalue weighted by Gasteiger charge is 2.63. The maximum absolute atomic E-state index is 13.6. The molecule has 0 spiro atoms. The Morgan fingerprint density at radius 3 is 2.46 bits per heavy atom. The summed E-state index contributed by atoms with van der Waals surface area (Å²) in [5.74, 6) is 2.93. The van der Waals surface area contributed by atoms with Crippen LogP contribution in [0.4, 0.5) is 4.79 Å². The fourth-order valence-electron chi connectivity index (χ4n) is 10.7. The van der Waals surface area contributed by atoms with Gasteiger partial charge in [0.1, 0.15) is 0 Å². The molecule has 9 unspecified atom stereocenters. The molecule has 0 radical (unpaired) electrons. The van der Waals surface area contributed by atoms with E-state index in [4.69, 9.17) is 0 Å². The molecule has 0 aliphatic heterocycles. The zero-order chi connectivity index (χ0) is 28.0. The van der Waals surface area contributed by atoms with Crippen LogP contribution in [0, 0.1) is 45.8 Å². The van der Waals surface area contributed by atoms with Gasteiger partial charge in [0.2, 0.25) is 0 Å². The number of carbonyl (C=O) groups is 1. The minimum atomic E-state index is -0.877. The summed E-state index contributed by atoms with van der Waals surface area (Å²) in [6.07, 6.45) is 14.9. The first kappa shape index (κ1) is 27.8. The number of allylic oxidation sites excluding steroid dienone is 3. The average molecular weight is 539 g/mol. The first-order valence-electron chi connectivity index (χ1n) is 16.2. The lowest BCUT2D eigenvalue weighted by Gasteiger charge is -2.61. The second-order valence-electron chi connectivity index (χ2n) is 16.0. The summed E-state index contributed by atoms with van der Waals surface area (Å²) in [6.45, 7) is 14.9. The lowest BCUT2D eigenvalue weighted by molar-refractivity contribution is -0.122. The van der Waals surface area contributed by atoms with Crippen molar-refractivity contribution in [3.63, 3.8) is 0 Å². The van der Waals surface area contributed by atoms with Gasteiger partial charge < -0.3 is 20.4 Å². The van der Waals surface area contributed by atoms with Gasteiger partial charge in [0.05, 0.1) is 18.2 Å². The molecule has 0 aromatic carbocycles. The molecule has 7 rings (SSSR count). The summed E-state index contributed by atoms with van der Waals surface area (Å²) in [4.78, 5) is 15.6. The summed E-state index contributed by atoms with van der Waals surface area (Å²) in [6, 6.07) is 0.0761. The molecule has 6 saturated carbocycles. The van der Waals surface area contributed by atoms with E-state index in [1.165, 1.54) is 30.4 Å². The molecule has 7 aliphatic rings. The molecule has 39 heavy (non-hydrogen) atoms. The van der Waals surface area contributed by atoms with Crippen molar-refractivity contribution in [1.29, 1.82) is 0 Å². The number of urea groups is 1. The first-order chi connectivity index (χ1) is 18.3. The lowest BCUT2D eigenvalue weighted by atomic mass is 9.45. The summed E-state index contributed by atoms with van der Waals surface area (Å²) in [7, 11) is 0. The minimum absolute atomic E-state index is 0.00357. The van der Waals surface area contributed by atoms with Gasteiger partial charge >= 0.3 is 6.03 Å². The van der Waals surface area contributed by atoms with Crippen LogP contribution < -0.4 is 5.32 Å². The summed E-state index contributed by atoms with van der Waals surface area (Å²) in [5.41, 5.74) is 2.39. The van der Waals surface area contributed by atoms with Gasteiger partial charge in [0.15, 0.2) is 0 Å². The highest BCUT2D eigenvalue weighted by atomic mass is 16.3. The van der Waals surface area contributed by atoms with Gasteiger partial charge in [-0.2, -0.15) is 0 Å². The monoisotopic (exact) mass is 538 g/mol. The van der Waals surface area contributed by atoms with Gasteiger partial charge in [-0.25, -0.2) is 4.79 Å². The largest absolute Gasteiger partial charge is 0.393 e. The van der Waals surface area contributed by atoms with E-state index in [0.29, 0.717) is 35.6 Å². The highest BCUT2D eigenvalue weighted by molar-refractivity contribution is 5.74. The number of aliphatic hydroxyl groups is 2. The smallest absolute Gasteiger partial charge is 0.317 e. The number of amides is 2. The van der Waals surface area contributed by atoms with Crippen molar-refractivity contribution >= 4 is 6.03 Å². The number of rotatable bonds is 5. The molecule has 0 aromatic heterocycles. The van der Waals surface area contributed by atoms with Gasteiger partial charge in [-0.3, -0.25) is 0 Å². The van der Waals surface area contributed by atoms with E-state index in [1.54, 1.807) is 0 Å².